The number of hydrogen-bond donors (Lipinski definition) is 1. The predicted molar refractivity (Wildman–Crippen MR) is 71.9 cm³/mol. The van der Waals surface area contributed by atoms with Gasteiger partial charge in [0.25, 0.3) is 0 Å². The van der Waals surface area contributed by atoms with Crippen LogP contribution in [0.4, 0.5) is 0 Å². The number of H-pyrrole nitrogens is 1. The highest BCUT2D eigenvalue weighted by Gasteiger charge is 2.14. The maximum absolute atomic E-state index is 12.3. The molecule has 0 radical (unpaired) electrons. The Morgan fingerprint density at radius 2 is 2.11 bits per heavy atom. The Morgan fingerprint density at radius 1 is 1.32 bits per heavy atom. The quantitative estimate of drug-likeness (QED) is 0.848. The van der Waals surface area contributed by atoms with E-state index in [9.17, 15) is 9.59 Å². The second kappa shape index (κ2) is 5.39. The largest absolute Gasteiger partial charge is 0.472 e. The first kappa shape index (κ1) is 12.9. The van der Waals surface area contributed by atoms with E-state index in [1.165, 1.54) is 24.7 Å². The smallest absolute Gasteiger partial charge is 0.248 e. The Kier molecular flexibility index (Phi) is 3.66. The van der Waals surface area contributed by atoms with Crippen LogP contribution in [0.25, 0.3) is 6.08 Å². The first-order chi connectivity index (χ1) is 9.08. The number of rotatable bonds is 4. The molecule has 0 bridgehead atoms. The van der Waals surface area contributed by atoms with E-state index in [1.807, 2.05) is 19.0 Å². The van der Waals surface area contributed by atoms with Gasteiger partial charge in [-0.15, -0.1) is 0 Å². The standard InChI is InChI=1S/C14H14N2O3/c1-16(2)7-5-12-11(3-4-13(17)15-12)14(18)10-6-8-19-9-10/h3-9H,1-2H3,(H,15,17)/b7-5+. The van der Waals surface area contributed by atoms with Gasteiger partial charge >= 0.3 is 0 Å². The van der Waals surface area contributed by atoms with Crippen LogP contribution < -0.4 is 5.56 Å². The summed E-state index contributed by atoms with van der Waals surface area (Å²) in [5.41, 5.74) is 1.11. The van der Waals surface area contributed by atoms with Crippen LogP contribution in [0.2, 0.25) is 0 Å². The second-order valence-corrected chi connectivity index (χ2v) is 4.27. The minimum absolute atomic E-state index is 0.191. The van der Waals surface area contributed by atoms with Crippen LogP contribution in [0.1, 0.15) is 21.6 Å². The minimum atomic E-state index is -0.248. The van der Waals surface area contributed by atoms with E-state index in [1.54, 1.807) is 18.3 Å². The van der Waals surface area contributed by atoms with Crippen molar-refractivity contribution >= 4 is 11.9 Å². The van der Waals surface area contributed by atoms with Crippen LogP contribution in [-0.4, -0.2) is 29.8 Å². The fourth-order valence-corrected chi connectivity index (χ4v) is 1.59. The van der Waals surface area contributed by atoms with Crippen molar-refractivity contribution < 1.29 is 9.21 Å². The molecule has 0 atom stereocenters. The van der Waals surface area contributed by atoms with Crippen molar-refractivity contribution in [3.05, 3.63) is 64.1 Å². The van der Waals surface area contributed by atoms with Gasteiger partial charge in [-0.25, -0.2) is 0 Å². The number of nitrogens with zero attached hydrogens (tertiary/aromatic N) is 1. The van der Waals surface area contributed by atoms with E-state index in [2.05, 4.69) is 4.98 Å². The Balaban J connectivity index is 2.45. The third-order valence-corrected chi connectivity index (χ3v) is 2.52. The summed E-state index contributed by atoms with van der Waals surface area (Å²) in [6.45, 7) is 0. The fraction of sp³-hybridized carbons (Fsp3) is 0.143. The summed E-state index contributed by atoms with van der Waals surface area (Å²) in [6.07, 6.45) is 6.27. The van der Waals surface area contributed by atoms with Gasteiger partial charge in [-0.05, 0) is 18.2 Å². The number of pyridine rings is 1. The maximum Gasteiger partial charge on any atom is 0.248 e. The van der Waals surface area contributed by atoms with Gasteiger partial charge in [0.2, 0.25) is 5.56 Å². The molecule has 0 aliphatic heterocycles. The van der Waals surface area contributed by atoms with Gasteiger partial charge in [-0.3, -0.25) is 9.59 Å². The zero-order valence-electron chi connectivity index (χ0n) is 10.7. The molecule has 2 aromatic heterocycles. The van der Waals surface area contributed by atoms with Gasteiger partial charge in [0.1, 0.15) is 6.26 Å². The SMILES string of the molecule is CN(C)/C=C/c1[nH]c(=O)ccc1C(=O)c1ccoc1. The highest BCUT2D eigenvalue weighted by atomic mass is 16.3. The van der Waals surface area contributed by atoms with Crippen LogP contribution in [0.5, 0.6) is 0 Å². The molecule has 0 saturated heterocycles. The van der Waals surface area contributed by atoms with E-state index >= 15 is 0 Å². The van der Waals surface area contributed by atoms with Crippen molar-refractivity contribution in [3.8, 4) is 0 Å². The molecule has 98 valence electrons. The maximum atomic E-state index is 12.3. The number of furan rings is 1. The summed E-state index contributed by atoms with van der Waals surface area (Å²) in [7, 11) is 3.71. The van der Waals surface area contributed by atoms with Crippen molar-refractivity contribution in [1.82, 2.24) is 9.88 Å². The van der Waals surface area contributed by atoms with Crippen molar-refractivity contribution in [2.45, 2.75) is 0 Å². The first-order valence-electron chi connectivity index (χ1n) is 5.73. The normalized spacial score (nSPS) is 10.8. The average Bonchev–Trinajstić information content (AvgIpc) is 2.89. The number of aromatic nitrogens is 1. The molecule has 0 aliphatic carbocycles. The molecular formula is C14H14N2O3. The van der Waals surface area contributed by atoms with Crippen LogP contribution in [-0.2, 0) is 0 Å². The number of hydrogen-bond acceptors (Lipinski definition) is 4. The molecular weight excluding hydrogens is 244 g/mol. The molecule has 0 saturated carbocycles. The summed E-state index contributed by atoms with van der Waals surface area (Å²) in [5.74, 6) is -0.191. The molecule has 5 heteroatoms. The van der Waals surface area contributed by atoms with Gasteiger partial charge in [0.05, 0.1) is 17.5 Å². The Morgan fingerprint density at radius 3 is 2.74 bits per heavy atom. The van der Waals surface area contributed by atoms with Crippen LogP contribution >= 0.6 is 0 Å². The lowest BCUT2D eigenvalue weighted by Crippen LogP contribution is -2.12. The zero-order chi connectivity index (χ0) is 13.8. The van der Waals surface area contributed by atoms with E-state index in [-0.39, 0.29) is 11.3 Å². The van der Waals surface area contributed by atoms with E-state index in [4.69, 9.17) is 4.42 Å². The number of nitrogens with one attached hydrogen (secondary N) is 1. The van der Waals surface area contributed by atoms with Gasteiger partial charge < -0.3 is 14.3 Å². The minimum Gasteiger partial charge on any atom is -0.472 e. The topological polar surface area (TPSA) is 66.3 Å². The molecule has 2 rings (SSSR count). The third-order valence-electron chi connectivity index (χ3n) is 2.52. The summed E-state index contributed by atoms with van der Waals surface area (Å²) in [6, 6.07) is 4.44. The molecule has 0 aromatic carbocycles. The van der Waals surface area contributed by atoms with Crippen LogP contribution in [0.15, 0.2) is 46.1 Å². The summed E-state index contributed by atoms with van der Waals surface area (Å²) < 4.78 is 4.90. The number of carbonyl (C=O) groups is 1. The number of carbonyl (C=O) groups excluding carboxylic acids is 1. The molecule has 2 aromatic rings. The van der Waals surface area contributed by atoms with Crippen molar-refractivity contribution in [2.24, 2.45) is 0 Å². The van der Waals surface area contributed by atoms with Gasteiger partial charge in [0, 0.05) is 31.9 Å². The number of ketones is 1. The summed E-state index contributed by atoms with van der Waals surface area (Å²) in [4.78, 5) is 28.1. The number of aromatic amines is 1. The van der Waals surface area contributed by atoms with Gasteiger partial charge in [-0.1, -0.05) is 0 Å². The summed E-state index contributed by atoms with van der Waals surface area (Å²) >= 11 is 0. The predicted octanol–water partition coefficient (Wildman–Crippen LogP) is 1.73. The lowest BCUT2D eigenvalue weighted by molar-refractivity contribution is 0.103. The molecule has 0 spiro atoms. The molecule has 19 heavy (non-hydrogen) atoms. The fourth-order valence-electron chi connectivity index (χ4n) is 1.59. The first-order valence-corrected chi connectivity index (χ1v) is 5.73. The Labute approximate surface area is 110 Å². The molecule has 5 nitrogen and oxygen atoms in total. The van der Waals surface area contributed by atoms with Crippen LogP contribution in [0, 0.1) is 0 Å². The highest BCUT2D eigenvalue weighted by molar-refractivity contribution is 6.10. The van der Waals surface area contributed by atoms with Crippen molar-refractivity contribution in [3.63, 3.8) is 0 Å². The Bertz CT molecular complexity index is 652. The van der Waals surface area contributed by atoms with E-state index in [0.29, 0.717) is 16.8 Å². The summed E-state index contributed by atoms with van der Waals surface area (Å²) in [5, 5.41) is 0. The molecule has 0 unspecified atom stereocenters. The third kappa shape index (κ3) is 3.01. The monoisotopic (exact) mass is 258 g/mol. The lowest BCUT2D eigenvalue weighted by Gasteiger charge is -2.06. The van der Waals surface area contributed by atoms with E-state index in [0.717, 1.165) is 0 Å². The zero-order valence-corrected chi connectivity index (χ0v) is 10.7. The lowest BCUT2D eigenvalue weighted by atomic mass is 10.0. The second-order valence-electron chi connectivity index (χ2n) is 4.27. The van der Waals surface area contributed by atoms with Gasteiger partial charge in [0.15, 0.2) is 5.78 Å². The van der Waals surface area contributed by atoms with E-state index < -0.39 is 0 Å². The van der Waals surface area contributed by atoms with Crippen molar-refractivity contribution in [1.29, 1.82) is 0 Å². The molecule has 0 aliphatic rings. The molecule has 1 N–H and O–H groups in total. The van der Waals surface area contributed by atoms with Crippen LogP contribution in [0.3, 0.4) is 0 Å². The molecule has 0 amide bonds. The van der Waals surface area contributed by atoms with Crippen molar-refractivity contribution in [2.75, 3.05) is 14.1 Å². The Hall–Kier alpha value is -2.56. The van der Waals surface area contributed by atoms with Gasteiger partial charge in [-0.2, -0.15) is 0 Å². The average molecular weight is 258 g/mol. The molecule has 0 fully saturated rings. The highest BCUT2D eigenvalue weighted by Crippen LogP contribution is 2.13. The molecule has 2 heterocycles.